The second-order valence-electron chi connectivity index (χ2n) is 5.01. The summed E-state index contributed by atoms with van der Waals surface area (Å²) in [4.78, 5) is 11.2. The Bertz CT molecular complexity index is 309. The van der Waals surface area contributed by atoms with Crippen molar-refractivity contribution in [1.29, 1.82) is 0 Å². The molecule has 0 radical (unpaired) electrons. The number of rotatable bonds is 7. The number of hydrogen-bond acceptors (Lipinski definition) is 4. The number of esters is 1. The Morgan fingerprint density at radius 1 is 1.41 bits per heavy atom. The van der Waals surface area contributed by atoms with Gasteiger partial charge in [0, 0.05) is 5.57 Å². The van der Waals surface area contributed by atoms with Gasteiger partial charge in [-0.3, -0.25) is 4.57 Å². The van der Waals surface area contributed by atoms with Crippen molar-refractivity contribution in [1.82, 2.24) is 0 Å². The first-order chi connectivity index (χ1) is 7.63. The van der Waals surface area contributed by atoms with Gasteiger partial charge in [-0.1, -0.05) is 6.58 Å². The Morgan fingerprint density at radius 2 is 1.94 bits per heavy atom. The molecule has 2 unspecified atom stereocenters. The first-order valence-corrected chi connectivity index (χ1v) is 6.86. The average Bonchev–Trinajstić information content (AvgIpc) is 2.15. The van der Waals surface area contributed by atoms with Gasteiger partial charge in [0.05, 0.1) is 21.1 Å². The van der Waals surface area contributed by atoms with Crippen LogP contribution in [0.4, 0.5) is 0 Å². The molecule has 0 fully saturated rings. The molecule has 0 N–H and O–H groups in total. The first-order valence-electron chi connectivity index (χ1n) is 5.47. The van der Waals surface area contributed by atoms with E-state index in [4.69, 9.17) is 9.26 Å². The van der Waals surface area contributed by atoms with Gasteiger partial charge in [-0.05, 0) is 13.8 Å². The minimum atomic E-state index is -2.36. The lowest BCUT2D eigenvalue weighted by Crippen LogP contribution is -2.37. The molecule has 0 amide bonds. The van der Waals surface area contributed by atoms with Gasteiger partial charge < -0.3 is 13.7 Å². The van der Waals surface area contributed by atoms with E-state index in [0.717, 1.165) is 11.0 Å². The van der Waals surface area contributed by atoms with Crippen LogP contribution in [0.3, 0.4) is 0 Å². The predicted octanol–water partition coefficient (Wildman–Crippen LogP) is 1.65. The maximum Gasteiger partial charge on any atom is 0.333 e. The van der Waals surface area contributed by atoms with Crippen LogP contribution < -0.4 is 0 Å². The molecule has 0 rings (SSSR count). The van der Waals surface area contributed by atoms with Crippen molar-refractivity contribution >= 4 is 14.0 Å². The summed E-state index contributed by atoms with van der Waals surface area (Å²) in [6, 6.07) is 0. The molecule has 0 aliphatic rings. The SMILES string of the molecule is C=C(C)C(=O)OC(C)[PH](=O)OCC[N+](C)(C)C. The molecule has 6 heteroatoms. The Hall–Kier alpha value is -0.640. The van der Waals surface area contributed by atoms with Crippen LogP contribution in [-0.2, 0) is 18.6 Å². The van der Waals surface area contributed by atoms with Crippen LogP contribution in [0.5, 0.6) is 0 Å². The fourth-order valence-corrected chi connectivity index (χ4v) is 1.58. The van der Waals surface area contributed by atoms with E-state index in [0.29, 0.717) is 6.61 Å². The van der Waals surface area contributed by atoms with Crippen molar-refractivity contribution in [3.05, 3.63) is 12.2 Å². The molecule has 0 aromatic heterocycles. The number of ether oxygens (including phenoxy) is 1. The monoisotopic (exact) mass is 264 g/mol. The van der Waals surface area contributed by atoms with Gasteiger partial charge in [-0.15, -0.1) is 0 Å². The lowest BCUT2D eigenvalue weighted by Gasteiger charge is -2.23. The highest BCUT2D eigenvalue weighted by Crippen LogP contribution is 2.30. The van der Waals surface area contributed by atoms with Crippen molar-refractivity contribution in [3.63, 3.8) is 0 Å². The van der Waals surface area contributed by atoms with Gasteiger partial charge in [0.1, 0.15) is 13.2 Å². The van der Waals surface area contributed by atoms with Crippen molar-refractivity contribution in [2.24, 2.45) is 0 Å². The third-order valence-electron chi connectivity index (χ3n) is 1.97. The largest absolute Gasteiger partial charge is 0.449 e. The zero-order chi connectivity index (χ0) is 13.6. The van der Waals surface area contributed by atoms with Gasteiger partial charge in [-0.2, -0.15) is 0 Å². The van der Waals surface area contributed by atoms with Crippen molar-refractivity contribution < 1.29 is 23.1 Å². The van der Waals surface area contributed by atoms with Gasteiger partial charge in [0.25, 0.3) is 0 Å². The summed E-state index contributed by atoms with van der Waals surface area (Å²) in [6.07, 6.45) is 0. The molecule has 0 bridgehead atoms. The fraction of sp³-hybridized carbons (Fsp3) is 0.727. The smallest absolute Gasteiger partial charge is 0.333 e. The van der Waals surface area contributed by atoms with E-state index >= 15 is 0 Å². The summed E-state index contributed by atoms with van der Waals surface area (Å²) >= 11 is 0. The molecule has 2 atom stereocenters. The van der Waals surface area contributed by atoms with Crippen LogP contribution >= 0.6 is 8.03 Å². The van der Waals surface area contributed by atoms with Crippen LogP contribution in [-0.4, -0.2) is 50.6 Å². The van der Waals surface area contributed by atoms with E-state index in [-0.39, 0.29) is 5.57 Å². The lowest BCUT2D eigenvalue weighted by atomic mass is 10.4. The third kappa shape index (κ3) is 8.13. The van der Waals surface area contributed by atoms with Gasteiger partial charge in [0.2, 0.25) is 8.03 Å². The topological polar surface area (TPSA) is 52.6 Å². The Labute approximate surface area is 104 Å². The molecule has 0 spiro atoms. The number of carbonyl (C=O) groups excluding carboxylic acids is 1. The third-order valence-corrected chi connectivity index (χ3v) is 3.24. The lowest BCUT2D eigenvalue weighted by molar-refractivity contribution is -0.870. The average molecular weight is 264 g/mol. The van der Waals surface area contributed by atoms with Crippen LogP contribution in [0.2, 0.25) is 0 Å². The van der Waals surface area contributed by atoms with E-state index < -0.39 is 19.8 Å². The molecular formula is C11H23NO4P+. The number of nitrogens with zero attached hydrogens (tertiary/aromatic N) is 1. The normalized spacial score (nSPS) is 15.1. The number of hydrogen-bond donors (Lipinski definition) is 0. The van der Waals surface area contributed by atoms with Crippen LogP contribution in [0.15, 0.2) is 12.2 Å². The summed E-state index contributed by atoms with van der Waals surface area (Å²) in [6.45, 7) is 7.70. The quantitative estimate of drug-likeness (QED) is 0.304. The van der Waals surface area contributed by atoms with Crippen LogP contribution in [0, 0.1) is 0 Å². The van der Waals surface area contributed by atoms with E-state index in [9.17, 15) is 9.36 Å². The predicted molar refractivity (Wildman–Crippen MR) is 68.2 cm³/mol. The van der Waals surface area contributed by atoms with Gasteiger partial charge >= 0.3 is 5.97 Å². The maximum atomic E-state index is 11.6. The molecule has 0 aromatic carbocycles. The summed E-state index contributed by atoms with van der Waals surface area (Å²) < 4.78 is 22.5. The molecule has 0 aromatic rings. The zero-order valence-electron chi connectivity index (χ0n) is 11.3. The summed E-state index contributed by atoms with van der Waals surface area (Å²) in [5.41, 5.74) is 0.290. The minimum absolute atomic E-state index is 0.290. The molecular weight excluding hydrogens is 241 g/mol. The summed E-state index contributed by atoms with van der Waals surface area (Å²) in [5.74, 6) is -1.25. The number of carbonyl (C=O) groups is 1. The molecule has 17 heavy (non-hydrogen) atoms. The molecule has 0 aliphatic heterocycles. The van der Waals surface area contributed by atoms with E-state index in [1.54, 1.807) is 13.8 Å². The fourth-order valence-electron chi connectivity index (χ4n) is 0.847. The molecule has 0 aliphatic carbocycles. The first kappa shape index (κ1) is 16.4. The van der Waals surface area contributed by atoms with Crippen LogP contribution in [0.25, 0.3) is 0 Å². The Kier molecular flexibility index (Phi) is 6.68. The highest BCUT2D eigenvalue weighted by atomic mass is 31.1. The van der Waals surface area contributed by atoms with Crippen LogP contribution in [0.1, 0.15) is 13.8 Å². The van der Waals surface area contributed by atoms with Crippen molar-refractivity contribution in [2.45, 2.75) is 19.7 Å². The summed E-state index contributed by atoms with van der Waals surface area (Å²) in [7, 11) is 3.70. The highest BCUT2D eigenvalue weighted by Gasteiger charge is 2.18. The highest BCUT2D eigenvalue weighted by molar-refractivity contribution is 7.39. The molecule has 0 saturated heterocycles. The second-order valence-corrected chi connectivity index (χ2v) is 6.75. The van der Waals surface area contributed by atoms with E-state index in [1.807, 2.05) is 21.1 Å². The number of quaternary nitrogens is 1. The molecule has 0 heterocycles. The van der Waals surface area contributed by atoms with Crippen molar-refractivity contribution in [2.75, 3.05) is 34.3 Å². The molecule has 100 valence electrons. The zero-order valence-corrected chi connectivity index (χ0v) is 12.3. The maximum absolute atomic E-state index is 11.6. The van der Waals surface area contributed by atoms with Gasteiger partial charge in [-0.25, -0.2) is 4.79 Å². The van der Waals surface area contributed by atoms with E-state index in [1.165, 1.54) is 0 Å². The molecule has 5 nitrogen and oxygen atoms in total. The van der Waals surface area contributed by atoms with Gasteiger partial charge in [0.15, 0.2) is 5.85 Å². The standard InChI is InChI=1S/C11H23NO4P/c1-9(2)11(13)16-10(3)17(14)15-8-7-12(4,5)6/h10,17H,1,7-8H2,2-6H3/q+1. The Balaban J connectivity index is 3.99. The van der Waals surface area contributed by atoms with E-state index in [2.05, 4.69) is 6.58 Å². The minimum Gasteiger partial charge on any atom is -0.449 e. The molecule has 0 saturated carbocycles. The number of likely N-dealkylation sites (N-methyl/N-ethyl adjacent to an activating group) is 1. The Morgan fingerprint density at radius 3 is 2.35 bits per heavy atom. The van der Waals surface area contributed by atoms with Crippen molar-refractivity contribution in [3.8, 4) is 0 Å². The second kappa shape index (κ2) is 6.94. The summed E-state index contributed by atoms with van der Waals surface area (Å²) in [5, 5.41) is 0.